The van der Waals surface area contributed by atoms with Crippen molar-refractivity contribution in [1.82, 2.24) is 10.6 Å². The van der Waals surface area contributed by atoms with Crippen molar-refractivity contribution in [3.63, 3.8) is 0 Å². The van der Waals surface area contributed by atoms with Crippen molar-refractivity contribution in [3.8, 4) is 0 Å². The lowest BCUT2D eigenvalue weighted by atomic mass is 10.0. The van der Waals surface area contributed by atoms with Crippen molar-refractivity contribution < 1.29 is 19.1 Å². The van der Waals surface area contributed by atoms with Gasteiger partial charge in [-0.15, -0.1) is 0 Å². The first-order chi connectivity index (χ1) is 11.5. The van der Waals surface area contributed by atoms with Crippen molar-refractivity contribution in [2.24, 2.45) is 0 Å². The first-order valence-corrected chi connectivity index (χ1v) is 9.05. The molecule has 132 valence electrons. The van der Waals surface area contributed by atoms with Crippen LogP contribution in [0, 0.1) is 0 Å². The molecule has 0 aliphatic carbocycles. The van der Waals surface area contributed by atoms with Gasteiger partial charge in [0, 0.05) is 6.92 Å². The zero-order chi connectivity index (χ0) is 17.9. The quantitative estimate of drug-likeness (QED) is 0.661. The molecule has 0 saturated heterocycles. The molecule has 0 radical (unpaired) electrons. The fraction of sp³-hybridized carbons (Fsp3) is 0.471. The standard InChI is InChI=1S/C17H24N2O4S/c1-12(20)18-15(13-7-5-4-6-8-13)11-16(21)19-14(9-10-24-3)17(22)23-2/h4-8,14-15H,9-11H2,1-3H3,(H,18,20)(H,19,21)/t14-,15+/m0/s1. The van der Waals surface area contributed by atoms with E-state index in [9.17, 15) is 14.4 Å². The van der Waals surface area contributed by atoms with Crippen molar-refractivity contribution >= 4 is 29.5 Å². The number of esters is 1. The van der Waals surface area contributed by atoms with E-state index in [0.29, 0.717) is 6.42 Å². The molecule has 0 aromatic heterocycles. The molecule has 0 aliphatic rings. The van der Waals surface area contributed by atoms with Crippen LogP contribution in [-0.2, 0) is 19.1 Å². The highest BCUT2D eigenvalue weighted by Gasteiger charge is 2.23. The average Bonchev–Trinajstić information content (AvgIpc) is 2.57. The zero-order valence-corrected chi connectivity index (χ0v) is 15.0. The number of hydrogen-bond acceptors (Lipinski definition) is 5. The number of carbonyl (C=O) groups excluding carboxylic acids is 3. The summed E-state index contributed by atoms with van der Waals surface area (Å²) in [6.45, 7) is 1.41. The molecule has 6 nitrogen and oxygen atoms in total. The number of benzene rings is 1. The molecule has 2 atom stereocenters. The highest BCUT2D eigenvalue weighted by atomic mass is 32.2. The van der Waals surface area contributed by atoms with E-state index in [1.54, 1.807) is 11.8 Å². The maximum absolute atomic E-state index is 12.3. The molecule has 0 bridgehead atoms. The Hall–Kier alpha value is -2.02. The lowest BCUT2D eigenvalue weighted by Gasteiger charge is -2.20. The topological polar surface area (TPSA) is 84.5 Å². The normalized spacial score (nSPS) is 12.8. The van der Waals surface area contributed by atoms with Gasteiger partial charge in [0.2, 0.25) is 11.8 Å². The zero-order valence-electron chi connectivity index (χ0n) is 14.2. The van der Waals surface area contributed by atoms with Gasteiger partial charge < -0.3 is 15.4 Å². The van der Waals surface area contributed by atoms with Gasteiger partial charge in [-0.25, -0.2) is 4.79 Å². The van der Waals surface area contributed by atoms with Gasteiger partial charge in [-0.05, 0) is 24.0 Å². The van der Waals surface area contributed by atoms with Crippen molar-refractivity contribution in [1.29, 1.82) is 0 Å². The third kappa shape index (κ3) is 7.04. The summed E-state index contributed by atoms with van der Waals surface area (Å²) in [5, 5.41) is 5.46. The Morgan fingerprint density at radius 1 is 1.17 bits per heavy atom. The van der Waals surface area contributed by atoms with Crippen molar-refractivity contribution in [3.05, 3.63) is 35.9 Å². The number of rotatable bonds is 9. The van der Waals surface area contributed by atoms with E-state index in [0.717, 1.165) is 11.3 Å². The van der Waals surface area contributed by atoms with Crippen LogP contribution in [0.1, 0.15) is 31.4 Å². The van der Waals surface area contributed by atoms with Crippen molar-refractivity contribution in [2.45, 2.75) is 31.8 Å². The maximum Gasteiger partial charge on any atom is 0.328 e. The van der Waals surface area contributed by atoms with Crippen LogP contribution < -0.4 is 10.6 Å². The fourth-order valence-corrected chi connectivity index (χ4v) is 2.72. The van der Waals surface area contributed by atoms with Gasteiger partial charge in [0.05, 0.1) is 19.6 Å². The molecule has 0 fully saturated rings. The van der Waals surface area contributed by atoms with Crippen LogP contribution in [-0.4, -0.2) is 42.9 Å². The van der Waals surface area contributed by atoms with Gasteiger partial charge in [-0.3, -0.25) is 9.59 Å². The predicted octanol–water partition coefficient (Wildman–Crippen LogP) is 1.66. The van der Waals surface area contributed by atoms with Crippen LogP contribution in [0.25, 0.3) is 0 Å². The van der Waals surface area contributed by atoms with Gasteiger partial charge in [0.15, 0.2) is 0 Å². The van der Waals surface area contributed by atoms with Gasteiger partial charge in [0.25, 0.3) is 0 Å². The van der Waals surface area contributed by atoms with E-state index in [1.165, 1.54) is 14.0 Å². The summed E-state index contributed by atoms with van der Waals surface area (Å²) in [7, 11) is 1.30. The van der Waals surface area contributed by atoms with Crippen LogP contribution >= 0.6 is 11.8 Å². The molecule has 0 unspecified atom stereocenters. The lowest BCUT2D eigenvalue weighted by molar-refractivity contribution is -0.145. The van der Waals surface area contributed by atoms with Crippen LogP contribution in [0.2, 0.25) is 0 Å². The molecule has 2 amide bonds. The summed E-state index contributed by atoms with van der Waals surface area (Å²) >= 11 is 1.59. The Labute approximate surface area is 146 Å². The van der Waals surface area contributed by atoms with Crippen LogP contribution in [0.15, 0.2) is 30.3 Å². The van der Waals surface area contributed by atoms with E-state index in [2.05, 4.69) is 10.6 Å². The molecule has 24 heavy (non-hydrogen) atoms. The minimum atomic E-state index is -0.677. The molecule has 0 spiro atoms. The monoisotopic (exact) mass is 352 g/mol. The summed E-state index contributed by atoms with van der Waals surface area (Å²) in [5.74, 6) is -0.265. The number of ether oxygens (including phenoxy) is 1. The van der Waals surface area contributed by atoms with Crippen molar-refractivity contribution in [2.75, 3.05) is 19.1 Å². The lowest BCUT2D eigenvalue weighted by Crippen LogP contribution is -2.43. The number of carbonyl (C=O) groups is 3. The van der Waals surface area contributed by atoms with Gasteiger partial charge in [-0.1, -0.05) is 30.3 Å². The Morgan fingerprint density at radius 3 is 2.38 bits per heavy atom. The molecule has 1 rings (SSSR count). The highest BCUT2D eigenvalue weighted by molar-refractivity contribution is 7.98. The average molecular weight is 352 g/mol. The van der Waals surface area contributed by atoms with Crippen LogP contribution in [0.3, 0.4) is 0 Å². The Bertz CT molecular complexity index is 551. The Kier molecular flexibility index (Phi) is 8.93. The highest BCUT2D eigenvalue weighted by Crippen LogP contribution is 2.16. The van der Waals surface area contributed by atoms with Gasteiger partial charge >= 0.3 is 5.97 Å². The molecule has 0 saturated carbocycles. The molecular weight excluding hydrogens is 328 g/mol. The summed E-state index contributed by atoms with van der Waals surface area (Å²) in [6.07, 6.45) is 2.48. The smallest absolute Gasteiger partial charge is 0.328 e. The second kappa shape index (κ2) is 10.7. The first-order valence-electron chi connectivity index (χ1n) is 7.66. The largest absolute Gasteiger partial charge is 0.467 e. The van der Waals surface area contributed by atoms with Crippen LogP contribution in [0.5, 0.6) is 0 Å². The van der Waals surface area contributed by atoms with Gasteiger partial charge in [0.1, 0.15) is 6.04 Å². The number of nitrogens with one attached hydrogen (secondary N) is 2. The third-order valence-electron chi connectivity index (χ3n) is 3.40. The number of amides is 2. The molecule has 1 aromatic carbocycles. The van der Waals surface area contributed by atoms with Gasteiger partial charge in [-0.2, -0.15) is 11.8 Å². The minimum Gasteiger partial charge on any atom is -0.467 e. The second-order valence-electron chi connectivity index (χ2n) is 5.29. The Morgan fingerprint density at radius 2 is 1.83 bits per heavy atom. The summed E-state index contributed by atoms with van der Waals surface area (Å²) in [5.41, 5.74) is 0.835. The molecule has 2 N–H and O–H groups in total. The molecule has 7 heteroatoms. The second-order valence-corrected chi connectivity index (χ2v) is 6.28. The molecular formula is C17H24N2O4S. The number of thioether (sulfide) groups is 1. The maximum atomic E-state index is 12.3. The summed E-state index contributed by atoms with van der Waals surface area (Å²) in [6, 6.07) is 8.13. The number of hydrogen-bond donors (Lipinski definition) is 2. The third-order valence-corrected chi connectivity index (χ3v) is 4.04. The fourth-order valence-electron chi connectivity index (χ4n) is 2.25. The molecule has 1 aromatic rings. The van der Waals surface area contributed by atoms with E-state index < -0.39 is 18.1 Å². The minimum absolute atomic E-state index is 0.0519. The van der Waals surface area contributed by atoms with E-state index in [-0.39, 0.29) is 18.2 Å². The SMILES string of the molecule is COC(=O)[C@H](CCSC)NC(=O)C[C@@H](NC(C)=O)c1ccccc1. The summed E-state index contributed by atoms with van der Waals surface area (Å²) in [4.78, 5) is 35.5. The van der Waals surface area contributed by atoms with E-state index in [1.807, 2.05) is 36.6 Å². The summed E-state index contributed by atoms with van der Waals surface area (Å²) < 4.78 is 4.73. The molecule has 0 heterocycles. The predicted molar refractivity (Wildman–Crippen MR) is 94.6 cm³/mol. The first kappa shape index (κ1) is 20.0. The van der Waals surface area contributed by atoms with Crippen LogP contribution in [0.4, 0.5) is 0 Å². The molecule has 0 aliphatic heterocycles. The van der Waals surface area contributed by atoms with E-state index in [4.69, 9.17) is 4.74 Å². The van der Waals surface area contributed by atoms with E-state index >= 15 is 0 Å². The number of methoxy groups -OCH3 is 1. The Balaban J connectivity index is 2.75.